The van der Waals surface area contributed by atoms with Crippen molar-refractivity contribution in [2.45, 2.75) is 111 Å². The number of carboxylic acids is 1. The molecule has 4 fully saturated rings. The Hall–Kier alpha value is -1.44. The molecule has 0 heterocycles. The highest BCUT2D eigenvalue weighted by Crippen LogP contribution is 2.69. The summed E-state index contributed by atoms with van der Waals surface area (Å²) in [6.07, 6.45) is 5.16. The average Bonchev–Trinajstić information content (AvgIpc) is 3.07. The molecular weight excluding hydrogens is 470 g/mol. The van der Waals surface area contributed by atoms with Gasteiger partial charge in [0.15, 0.2) is 0 Å². The van der Waals surface area contributed by atoms with Gasteiger partial charge >= 0.3 is 11.9 Å². The van der Waals surface area contributed by atoms with Crippen LogP contribution in [0.1, 0.15) is 92.4 Å². The third-order valence-corrected chi connectivity index (χ3v) is 11.1. The maximum atomic E-state index is 12.6. The van der Waals surface area contributed by atoms with Crippen molar-refractivity contribution < 1.29 is 29.6 Å². The summed E-state index contributed by atoms with van der Waals surface area (Å²) in [4.78, 5) is 24.7. The number of carbonyl (C=O) groups is 2. The van der Waals surface area contributed by atoms with Gasteiger partial charge in [-0.05, 0) is 104 Å². The second-order valence-electron chi connectivity index (χ2n) is 13.5. The quantitative estimate of drug-likeness (QED) is 0.291. The lowest BCUT2D eigenvalue weighted by atomic mass is 9.41. The van der Waals surface area contributed by atoms with Crippen LogP contribution in [0.2, 0.25) is 0 Å². The highest BCUT2D eigenvalue weighted by Gasteiger charge is 2.66. The van der Waals surface area contributed by atoms with Gasteiger partial charge in [-0.3, -0.25) is 4.79 Å². The number of nitrogens with two attached hydrogens (primary N) is 1. The van der Waals surface area contributed by atoms with E-state index in [2.05, 4.69) is 27.7 Å². The van der Waals surface area contributed by atoms with E-state index in [-0.39, 0.29) is 46.5 Å². The minimum absolute atomic E-state index is 0.0461. The normalized spacial score (nSPS) is 44.6. The molecule has 1 unspecified atom stereocenters. The van der Waals surface area contributed by atoms with Crippen LogP contribution < -0.4 is 5.73 Å². The Morgan fingerprint density at radius 1 is 1.08 bits per heavy atom. The van der Waals surface area contributed by atoms with Gasteiger partial charge in [0.2, 0.25) is 0 Å². The highest BCUT2D eigenvalue weighted by molar-refractivity contribution is 5.88. The van der Waals surface area contributed by atoms with Crippen LogP contribution in [0.3, 0.4) is 0 Å². The molecule has 0 radical (unpaired) electrons. The number of carboxylic acid groups (broad SMARTS) is 1. The monoisotopic (exact) mass is 519 g/mol. The summed E-state index contributed by atoms with van der Waals surface area (Å²) >= 11 is 0. The van der Waals surface area contributed by atoms with E-state index in [4.69, 9.17) is 10.5 Å². The van der Waals surface area contributed by atoms with E-state index < -0.39 is 24.1 Å². The van der Waals surface area contributed by atoms with E-state index in [0.29, 0.717) is 43.7 Å². The van der Waals surface area contributed by atoms with Crippen LogP contribution >= 0.6 is 0 Å². The molecule has 0 aromatic carbocycles. The summed E-state index contributed by atoms with van der Waals surface area (Å²) in [7, 11) is 0. The van der Waals surface area contributed by atoms with E-state index in [1.165, 1.54) is 6.92 Å². The number of esters is 1. The Bertz CT molecular complexity index is 916. The predicted molar refractivity (Wildman–Crippen MR) is 141 cm³/mol. The predicted octanol–water partition coefficient (Wildman–Crippen LogP) is 4.29. The first-order valence-electron chi connectivity index (χ1n) is 14.5. The summed E-state index contributed by atoms with van der Waals surface area (Å²) in [5, 5.41) is 32.8. The Morgan fingerprint density at radius 2 is 1.76 bits per heavy atom. The Morgan fingerprint density at radius 3 is 2.35 bits per heavy atom. The maximum Gasteiger partial charge on any atom is 0.331 e. The number of hydrogen-bond acceptors (Lipinski definition) is 6. The fraction of sp³-hybridized carbons (Fsp3) is 0.867. The number of aliphatic hydroxyl groups excluding tert-OH is 2. The minimum atomic E-state index is -0.931. The maximum absolute atomic E-state index is 12.6. The standard InChI is InChI=1S/C30H49NO6/c1-16(2)7-6-8-18(28(35)36)26-22-13-24(34)27-21(30(22,5)14-25(26)37-17(3)32)10-9-20-19(15-31)23(33)11-12-29(20,27)4/h16,19-25,27,33-34H,6-15,31H2,1-5H3,(H,35,36)/b26-18-/t19-,20-,21?,22-,23+,24+,25-,27-,29-,30+/m0/s1. The molecule has 7 nitrogen and oxygen atoms in total. The molecule has 0 aliphatic heterocycles. The van der Waals surface area contributed by atoms with Crippen molar-refractivity contribution in [3.8, 4) is 0 Å². The van der Waals surface area contributed by atoms with E-state index >= 15 is 0 Å². The molecule has 5 N–H and O–H groups in total. The van der Waals surface area contributed by atoms with Crippen LogP contribution in [0.4, 0.5) is 0 Å². The van der Waals surface area contributed by atoms with E-state index in [9.17, 15) is 24.9 Å². The number of carbonyl (C=O) groups excluding carboxylic acids is 1. The second-order valence-corrected chi connectivity index (χ2v) is 13.5. The summed E-state index contributed by atoms with van der Waals surface area (Å²) in [6, 6.07) is 0. The third-order valence-electron chi connectivity index (χ3n) is 11.1. The van der Waals surface area contributed by atoms with Crippen molar-refractivity contribution in [3.05, 3.63) is 11.1 Å². The van der Waals surface area contributed by atoms with Crippen LogP contribution in [0.25, 0.3) is 0 Å². The first kappa shape index (κ1) is 28.6. The van der Waals surface area contributed by atoms with Gasteiger partial charge in [-0.1, -0.05) is 34.1 Å². The zero-order valence-electron chi connectivity index (χ0n) is 23.4. The average molecular weight is 520 g/mol. The number of aliphatic carboxylic acids is 1. The molecule has 0 aromatic heterocycles. The van der Waals surface area contributed by atoms with Crippen molar-refractivity contribution in [1.29, 1.82) is 0 Å². The van der Waals surface area contributed by atoms with E-state index in [1.807, 2.05) is 0 Å². The van der Waals surface area contributed by atoms with Gasteiger partial charge < -0.3 is 25.8 Å². The Balaban J connectivity index is 1.75. The number of ether oxygens (including phenoxy) is 1. The SMILES string of the molecule is CC(=O)O[C@H]1C[C@]2(C)C3CC[C@H]4[C@H](CN)[C@H](O)CC[C@]4(C)[C@@H]3[C@H](O)C[C@H]2/C1=C(\CCCC(C)C)C(=O)O. The number of hydrogen-bond donors (Lipinski definition) is 4. The number of fused-ring (bicyclic) bond motifs is 5. The fourth-order valence-corrected chi connectivity index (χ4v) is 9.54. The smallest absolute Gasteiger partial charge is 0.331 e. The van der Waals surface area contributed by atoms with Crippen LogP contribution in [0, 0.1) is 46.3 Å². The molecule has 4 rings (SSSR count). The Labute approximate surface area is 222 Å². The summed E-state index contributed by atoms with van der Waals surface area (Å²) < 4.78 is 5.84. The van der Waals surface area contributed by atoms with Gasteiger partial charge in [0.1, 0.15) is 6.10 Å². The largest absolute Gasteiger partial charge is 0.478 e. The van der Waals surface area contributed by atoms with E-state index in [0.717, 1.165) is 37.7 Å². The first-order valence-corrected chi connectivity index (χ1v) is 14.5. The van der Waals surface area contributed by atoms with Crippen molar-refractivity contribution in [3.63, 3.8) is 0 Å². The molecular formula is C30H49NO6. The highest BCUT2D eigenvalue weighted by atomic mass is 16.5. The zero-order valence-corrected chi connectivity index (χ0v) is 23.4. The summed E-state index contributed by atoms with van der Waals surface area (Å²) in [5.74, 6) is -0.405. The second kappa shape index (κ2) is 10.6. The van der Waals surface area contributed by atoms with Gasteiger partial charge in [0.25, 0.3) is 0 Å². The fourth-order valence-electron chi connectivity index (χ4n) is 9.54. The van der Waals surface area contributed by atoms with Crippen molar-refractivity contribution in [1.82, 2.24) is 0 Å². The molecule has 4 aliphatic carbocycles. The van der Waals surface area contributed by atoms with Gasteiger partial charge in [-0.15, -0.1) is 0 Å². The molecule has 4 saturated carbocycles. The topological polar surface area (TPSA) is 130 Å². The molecule has 0 spiro atoms. The molecule has 0 bridgehead atoms. The van der Waals surface area contributed by atoms with Gasteiger partial charge in [0, 0.05) is 18.4 Å². The van der Waals surface area contributed by atoms with Gasteiger partial charge in [-0.25, -0.2) is 4.79 Å². The summed E-state index contributed by atoms with van der Waals surface area (Å²) in [5.41, 5.74) is 6.88. The molecule has 210 valence electrons. The molecule has 4 aliphatic rings. The van der Waals surface area contributed by atoms with Crippen LogP contribution in [-0.4, -0.2) is 52.1 Å². The van der Waals surface area contributed by atoms with Crippen molar-refractivity contribution in [2.75, 3.05) is 6.54 Å². The molecule has 7 heteroatoms. The lowest BCUT2D eigenvalue weighted by Gasteiger charge is -2.64. The number of aliphatic hydroxyl groups is 2. The summed E-state index contributed by atoms with van der Waals surface area (Å²) in [6.45, 7) is 10.7. The van der Waals surface area contributed by atoms with E-state index in [1.54, 1.807) is 0 Å². The molecule has 0 aromatic rings. The molecule has 10 atom stereocenters. The van der Waals surface area contributed by atoms with Crippen LogP contribution in [0.15, 0.2) is 11.1 Å². The number of rotatable bonds is 7. The molecule has 0 amide bonds. The van der Waals surface area contributed by atoms with Crippen molar-refractivity contribution >= 4 is 11.9 Å². The molecule has 0 saturated heterocycles. The van der Waals surface area contributed by atoms with Crippen molar-refractivity contribution in [2.24, 2.45) is 52.1 Å². The molecule has 37 heavy (non-hydrogen) atoms. The first-order chi connectivity index (χ1) is 17.3. The Kier molecular flexibility index (Phi) is 8.19. The van der Waals surface area contributed by atoms with Gasteiger partial charge in [-0.2, -0.15) is 0 Å². The lowest BCUT2D eigenvalue weighted by molar-refractivity contribution is -0.192. The lowest BCUT2D eigenvalue weighted by Crippen LogP contribution is -2.62. The third kappa shape index (κ3) is 4.89. The van der Waals surface area contributed by atoms with Crippen LogP contribution in [0.5, 0.6) is 0 Å². The zero-order chi connectivity index (χ0) is 27.3. The minimum Gasteiger partial charge on any atom is -0.478 e. The van der Waals surface area contributed by atoms with Gasteiger partial charge in [0.05, 0.1) is 12.2 Å². The van der Waals surface area contributed by atoms with Crippen LogP contribution in [-0.2, 0) is 14.3 Å².